The monoisotopic (exact) mass is 370 g/mol. The van der Waals surface area contributed by atoms with Crippen molar-refractivity contribution >= 4 is 41.1 Å². The number of fused-ring (bicyclic) bond motifs is 1. The zero-order valence-corrected chi connectivity index (χ0v) is 16.3. The van der Waals surface area contributed by atoms with Gasteiger partial charge in [-0.05, 0) is 53.3 Å². The molecule has 0 bridgehead atoms. The molecule has 0 amide bonds. The highest BCUT2D eigenvalue weighted by atomic mass is 32.2. The first-order valence-electron chi connectivity index (χ1n) is 8.26. The van der Waals surface area contributed by atoms with E-state index in [2.05, 4.69) is 45.0 Å². The first kappa shape index (κ1) is 18.2. The van der Waals surface area contributed by atoms with Crippen molar-refractivity contribution in [2.45, 2.75) is 30.6 Å². The zero-order chi connectivity index (χ0) is 18.0. The Morgan fingerprint density at radius 3 is 2.24 bits per heavy atom. The van der Waals surface area contributed by atoms with E-state index in [-0.39, 0.29) is 0 Å². The van der Waals surface area contributed by atoms with E-state index in [1.807, 2.05) is 35.7 Å². The number of carboxylic acids is 1. The molecule has 0 radical (unpaired) electrons. The Labute approximate surface area is 157 Å². The highest BCUT2D eigenvalue weighted by Gasteiger charge is 2.23. The Balaban J connectivity index is 1.84. The van der Waals surface area contributed by atoms with Gasteiger partial charge in [-0.1, -0.05) is 38.1 Å². The minimum atomic E-state index is -0.893. The maximum absolute atomic E-state index is 10.9. The summed E-state index contributed by atoms with van der Waals surface area (Å²) in [5, 5.41) is 8.99. The van der Waals surface area contributed by atoms with Crippen LogP contribution in [0.5, 0.6) is 0 Å². The molecule has 1 N–H and O–H groups in total. The molecule has 0 aliphatic carbocycles. The van der Waals surface area contributed by atoms with Gasteiger partial charge in [0.2, 0.25) is 0 Å². The summed E-state index contributed by atoms with van der Waals surface area (Å²) in [5.74, 6) is 1.39. The van der Waals surface area contributed by atoms with Gasteiger partial charge in [-0.25, -0.2) is 4.79 Å². The summed E-state index contributed by atoms with van der Waals surface area (Å²) in [6.07, 6.45) is 2.10. The van der Waals surface area contributed by atoms with Gasteiger partial charge in [-0.3, -0.25) is 0 Å². The predicted molar refractivity (Wildman–Crippen MR) is 109 cm³/mol. The van der Waals surface area contributed by atoms with Gasteiger partial charge in [0.15, 0.2) is 0 Å². The lowest BCUT2D eigenvalue weighted by atomic mass is 10.0. The van der Waals surface area contributed by atoms with Crippen molar-refractivity contribution in [1.29, 1.82) is 0 Å². The van der Waals surface area contributed by atoms with Crippen molar-refractivity contribution < 1.29 is 9.90 Å². The van der Waals surface area contributed by atoms with Crippen molar-refractivity contribution in [3.63, 3.8) is 0 Å². The van der Waals surface area contributed by atoms with E-state index < -0.39 is 5.97 Å². The Morgan fingerprint density at radius 1 is 1.00 bits per heavy atom. The number of aromatic carboxylic acids is 1. The number of rotatable bonds is 3. The van der Waals surface area contributed by atoms with Gasteiger partial charge >= 0.3 is 5.97 Å². The average Bonchev–Trinajstić information content (AvgIpc) is 2.73. The van der Waals surface area contributed by atoms with Crippen LogP contribution in [0.1, 0.15) is 42.3 Å². The predicted octanol–water partition coefficient (Wildman–Crippen LogP) is 6.17. The van der Waals surface area contributed by atoms with E-state index in [1.54, 1.807) is 12.1 Å². The molecule has 1 aliphatic rings. The Morgan fingerprint density at radius 2 is 1.60 bits per heavy atom. The molecule has 0 spiro atoms. The third-order valence-corrected chi connectivity index (χ3v) is 7.47. The number of allylic oxidation sites excluding steroid dienone is 1. The number of carbonyl (C=O) groups is 1. The standard InChI is InChI=1S/C21H22O2S2/c1-14(10-15-4-6-16(7-5-15)20(22)23)17-8-9-18-19(11-17)25-13-21(2,3)12-24-18/h4-11H,12-13H2,1-3H3,(H,22,23)/b14-10+. The van der Waals surface area contributed by atoms with Crippen LogP contribution in [0.3, 0.4) is 0 Å². The molecule has 2 aromatic rings. The molecule has 0 atom stereocenters. The van der Waals surface area contributed by atoms with Crippen LogP contribution in [-0.4, -0.2) is 22.6 Å². The lowest BCUT2D eigenvalue weighted by Gasteiger charge is -2.19. The summed E-state index contributed by atoms with van der Waals surface area (Å²) >= 11 is 3.90. The summed E-state index contributed by atoms with van der Waals surface area (Å²) < 4.78 is 0. The number of carboxylic acid groups (broad SMARTS) is 1. The van der Waals surface area contributed by atoms with E-state index >= 15 is 0 Å². The van der Waals surface area contributed by atoms with Crippen molar-refractivity contribution in [3.8, 4) is 0 Å². The molecule has 0 fully saturated rings. The van der Waals surface area contributed by atoms with Crippen molar-refractivity contribution in [3.05, 3.63) is 59.2 Å². The average molecular weight is 371 g/mol. The summed E-state index contributed by atoms with van der Waals surface area (Å²) in [6.45, 7) is 6.75. The zero-order valence-electron chi connectivity index (χ0n) is 14.7. The molecule has 0 saturated heterocycles. The van der Waals surface area contributed by atoms with E-state index in [0.717, 1.165) is 17.1 Å². The lowest BCUT2D eigenvalue weighted by Crippen LogP contribution is -2.16. The summed E-state index contributed by atoms with van der Waals surface area (Å²) in [4.78, 5) is 13.7. The minimum absolute atomic E-state index is 0.316. The molecule has 2 aromatic carbocycles. The van der Waals surface area contributed by atoms with Crippen LogP contribution in [0.25, 0.3) is 11.6 Å². The Bertz CT molecular complexity index is 820. The van der Waals surface area contributed by atoms with Gasteiger partial charge in [-0.15, -0.1) is 23.5 Å². The molecule has 1 heterocycles. The third kappa shape index (κ3) is 4.50. The fourth-order valence-electron chi connectivity index (χ4n) is 2.63. The second-order valence-corrected chi connectivity index (χ2v) is 9.19. The van der Waals surface area contributed by atoms with Crippen molar-refractivity contribution in [2.75, 3.05) is 11.5 Å². The fraction of sp³-hybridized carbons (Fsp3) is 0.286. The van der Waals surface area contributed by atoms with E-state index in [4.69, 9.17) is 5.11 Å². The molecular weight excluding hydrogens is 348 g/mol. The first-order chi connectivity index (χ1) is 11.8. The SMILES string of the molecule is C/C(=C\c1ccc(C(=O)O)cc1)c1ccc2c(c1)SCC(C)(C)CS2. The van der Waals surface area contributed by atoms with Gasteiger partial charge < -0.3 is 5.11 Å². The van der Waals surface area contributed by atoms with Crippen LogP contribution in [-0.2, 0) is 0 Å². The summed E-state index contributed by atoms with van der Waals surface area (Å²) in [5.41, 5.74) is 4.08. The van der Waals surface area contributed by atoms with Gasteiger partial charge in [0.25, 0.3) is 0 Å². The minimum Gasteiger partial charge on any atom is -0.478 e. The summed E-state index contributed by atoms with van der Waals surface area (Å²) in [7, 11) is 0. The van der Waals surface area contributed by atoms with E-state index in [0.29, 0.717) is 11.0 Å². The quantitative estimate of drug-likeness (QED) is 0.656. The van der Waals surface area contributed by atoms with Crippen LogP contribution in [0.4, 0.5) is 0 Å². The molecule has 3 rings (SSSR count). The molecule has 25 heavy (non-hydrogen) atoms. The highest BCUT2D eigenvalue weighted by Crippen LogP contribution is 2.43. The molecule has 2 nitrogen and oxygen atoms in total. The number of thioether (sulfide) groups is 2. The van der Waals surface area contributed by atoms with Crippen molar-refractivity contribution in [1.82, 2.24) is 0 Å². The largest absolute Gasteiger partial charge is 0.478 e. The van der Waals surface area contributed by atoms with Gasteiger partial charge in [0, 0.05) is 21.3 Å². The Kier molecular flexibility index (Phi) is 5.30. The molecule has 0 saturated carbocycles. The molecule has 0 unspecified atom stereocenters. The van der Waals surface area contributed by atoms with Crippen LogP contribution in [0.15, 0.2) is 52.3 Å². The van der Waals surface area contributed by atoms with E-state index in [9.17, 15) is 4.79 Å². The number of benzene rings is 2. The topological polar surface area (TPSA) is 37.3 Å². The van der Waals surface area contributed by atoms with Crippen LogP contribution >= 0.6 is 23.5 Å². The highest BCUT2D eigenvalue weighted by molar-refractivity contribution is 8.03. The van der Waals surface area contributed by atoms with Crippen molar-refractivity contribution in [2.24, 2.45) is 5.41 Å². The first-order valence-corrected chi connectivity index (χ1v) is 10.2. The van der Waals surface area contributed by atoms with Gasteiger partial charge in [0.05, 0.1) is 5.56 Å². The second kappa shape index (κ2) is 7.30. The van der Waals surface area contributed by atoms with Crippen LogP contribution < -0.4 is 0 Å². The van der Waals surface area contributed by atoms with E-state index in [1.165, 1.54) is 20.9 Å². The second-order valence-electron chi connectivity index (χ2n) is 7.16. The normalized spacial score (nSPS) is 16.8. The number of hydrogen-bond acceptors (Lipinski definition) is 3. The lowest BCUT2D eigenvalue weighted by molar-refractivity contribution is 0.0697. The summed E-state index contributed by atoms with van der Waals surface area (Å²) in [6, 6.07) is 13.7. The molecule has 1 aliphatic heterocycles. The van der Waals surface area contributed by atoms with Crippen LogP contribution in [0, 0.1) is 5.41 Å². The fourth-order valence-corrected chi connectivity index (χ4v) is 5.19. The third-order valence-electron chi connectivity index (χ3n) is 4.18. The smallest absolute Gasteiger partial charge is 0.335 e. The van der Waals surface area contributed by atoms with Gasteiger partial charge in [-0.2, -0.15) is 0 Å². The van der Waals surface area contributed by atoms with Gasteiger partial charge in [0.1, 0.15) is 0 Å². The maximum Gasteiger partial charge on any atom is 0.335 e. The molecule has 130 valence electrons. The molecule has 4 heteroatoms. The Hall–Kier alpha value is -1.65. The molecular formula is C21H22O2S2. The molecule has 0 aromatic heterocycles. The number of hydrogen-bond donors (Lipinski definition) is 1. The van der Waals surface area contributed by atoms with Crippen LogP contribution in [0.2, 0.25) is 0 Å². The maximum atomic E-state index is 10.9.